The maximum absolute atomic E-state index is 10.0. The van der Waals surface area contributed by atoms with Crippen LogP contribution >= 0.6 is 0 Å². The van der Waals surface area contributed by atoms with Crippen LogP contribution in [0.5, 0.6) is 0 Å². The van der Waals surface area contributed by atoms with Crippen LogP contribution in [-0.2, 0) is 0 Å². The number of likely N-dealkylation sites (N-methyl/N-ethyl adjacent to an activating group) is 1. The predicted molar refractivity (Wildman–Crippen MR) is 66.9 cm³/mol. The van der Waals surface area contributed by atoms with E-state index in [-0.39, 0.29) is 6.10 Å². The van der Waals surface area contributed by atoms with E-state index in [0.717, 1.165) is 6.54 Å². The van der Waals surface area contributed by atoms with Gasteiger partial charge in [-0.05, 0) is 31.7 Å². The summed E-state index contributed by atoms with van der Waals surface area (Å²) in [5.41, 5.74) is 0. The van der Waals surface area contributed by atoms with Crippen LogP contribution in [0.3, 0.4) is 0 Å². The minimum atomic E-state index is -0.212. The third-order valence-electron chi connectivity index (χ3n) is 3.79. The molecule has 2 nitrogen and oxygen atoms in total. The van der Waals surface area contributed by atoms with Crippen LogP contribution in [0.1, 0.15) is 41.5 Å². The molecule has 92 valence electrons. The second-order valence-corrected chi connectivity index (χ2v) is 5.59. The first-order valence-electron chi connectivity index (χ1n) is 6.15. The first-order valence-corrected chi connectivity index (χ1v) is 6.15. The third kappa shape index (κ3) is 4.98. The fourth-order valence-electron chi connectivity index (χ4n) is 1.58. The zero-order chi connectivity index (χ0) is 12.2. The van der Waals surface area contributed by atoms with Gasteiger partial charge in [-0.1, -0.05) is 34.6 Å². The Bertz CT molecular complexity index is 150. The third-order valence-corrected chi connectivity index (χ3v) is 3.79. The first-order chi connectivity index (χ1) is 6.77. The fourth-order valence-corrected chi connectivity index (χ4v) is 1.58. The Kier molecular flexibility index (Phi) is 6.46. The highest BCUT2D eigenvalue weighted by atomic mass is 16.3. The molecular weight excluding hydrogens is 186 g/mol. The molecular formula is C13H29NO. The van der Waals surface area contributed by atoms with Gasteiger partial charge in [0.05, 0.1) is 6.10 Å². The van der Waals surface area contributed by atoms with Crippen LogP contribution in [0.2, 0.25) is 0 Å². The topological polar surface area (TPSA) is 23.5 Å². The molecule has 0 bridgehead atoms. The lowest BCUT2D eigenvalue weighted by atomic mass is 9.91. The van der Waals surface area contributed by atoms with Crippen molar-refractivity contribution in [2.75, 3.05) is 13.6 Å². The normalized spacial score (nSPS) is 18.6. The molecule has 0 aromatic heterocycles. The highest BCUT2D eigenvalue weighted by Crippen LogP contribution is 2.17. The second-order valence-electron chi connectivity index (χ2n) is 5.59. The minimum absolute atomic E-state index is 0.212. The summed E-state index contributed by atoms with van der Waals surface area (Å²) in [6.07, 6.45) is -0.212. The standard InChI is InChI=1S/C13H29NO/c1-9(2)11(5)13(15)8-14(7)12(6)10(3)4/h9-13,15H,8H2,1-7H3. The molecule has 0 aliphatic carbocycles. The van der Waals surface area contributed by atoms with Gasteiger partial charge in [0.15, 0.2) is 0 Å². The van der Waals surface area contributed by atoms with Crippen molar-refractivity contribution in [3.63, 3.8) is 0 Å². The summed E-state index contributed by atoms with van der Waals surface area (Å²) < 4.78 is 0. The van der Waals surface area contributed by atoms with Crippen molar-refractivity contribution in [1.82, 2.24) is 4.90 Å². The zero-order valence-corrected chi connectivity index (χ0v) is 11.5. The Morgan fingerprint density at radius 2 is 1.40 bits per heavy atom. The maximum atomic E-state index is 10.0. The average molecular weight is 215 g/mol. The van der Waals surface area contributed by atoms with E-state index in [1.54, 1.807) is 0 Å². The summed E-state index contributed by atoms with van der Waals surface area (Å²) in [5, 5.41) is 10.0. The average Bonchev–Trinajstić information content (AvgIpc) is 2.14. The first kappa shape index (κ1) is 14.9. The van der Waals surface area contributed by atoms with Gasteiger partial charge in [-0.2, -0.15) is 0 Å². The molecule has 0 spiro atoms. The van der Waals surface area contributed by atoms with Crippen molar-refractivity contribution in [2.45, 2.75) is 53.7 Å². The molecule has 1 N–H and O–H groups in total. The van der Waals surface area contributed by atoms with Gasteiger partial charge >= 0.3 is 0 Å². The number of rotatable bonds is 6. The lowest BCUT2D eigenvalue weighted by Gasteiger charge is -2.32. The molecule has 0 aliphatic rings. The quantitative estimate of drug-likeness (QED) is 0.736. The van der Waals surface area contributed by atoms with Crippen LogP contribution in [0.4, 0.5) is 0 Å². The van der Waals surface area contributed by atoms with E-state index in [2.05, 4.69) is 53.5 Å². The fraction of sp³-hybridized carbons (Fsp3) is 1.00. The monoisotopic (exact) mass is 215 g/mol. The molecule has 0 amide bonds. The zero-order valence-electron chi connectivity index (χ0n) is 11.5. The lowest BCUT2D eigenvalue weighted by molar-refractivity contribution is 0.0432. The lowest BCUT2D eigenvalue weighted by Crippen LogP contribution is -2.41. The number of aliphatic hydroxyl groups is 1. The van der Waals surface area contributed by atoms with Crippen LogP contribution < -0.4 is 0 Å². The molecule has 15 heavy (non-hydrogen) atoms. The second kappa shape index (κ2) is 6.49. The van der Waals surface area contributed by atoms with Gasteiger partial charge in [0, 0.05) is 12.6 Å². The van der Waals surface area contributed by atoms with Gasteiger partial charge in [0.1, 0.15) is 0 Å². The number of aliphatic hydroxyl groups excluding tert-OH is 1. The molecule has 3 atom stereocenters. The molecule has 0 saturated carbocycles. The van der Waals surface area contributed by atoms with E-state index < -0.39 is 0 Å². The van der Waals surface area contributed by atoms with Crippen molar-refractivity contribution < 1.29 is 5.11 Å². The van der Waals surface area contributed by atoms with Crippen LogP contribution in [-0.4, -0.2) is 35.7 Å². The van der Waals surface area contributed by atoms with Crippen LogP contribution in [0.25, 0.3) is 0 Å². The Labute approximate surface area is 95.7 Å². The van der Waals surface area contributed by atoms with Crippen molar-refractivity contribution in [3.8, 4) is 0 Å². The van der Waals surface area contributed by atoms with Crippen molar-refractivity contribution in [1.29, 1.82) is 0 Å². The number of hydrogen-bond acceptors (Lipinski definition) is 2. The number of nitrogens with zero attached hydrogens (tertiary/aromatic N) is 1. The van der Waals surface area contributed by atoms with Gasteiger partial charge in [0.25, 0.3) is 0 Å². The largest absolute Gasteiger partial charge is 0.392 e. The van der Waals surface area contributed by atoms with Gasteiger partial charge in [0.2, 0.25) is 0 Å². The smallest absolute Gasteiger partial charge is 0.0695 e. The van der Waals surface area contributed by atoms with E-state index in [1.165, 1.54) is 0 Å². The molecule has 0 saturated heterocycles. The highest BCUT2D eigenvalue weighted by molar-refractivity contribution is 4.74. The van der Waals surface area contributed by atoms with E-state index >= 15 is 0 Å². The van der Waals surface area contributed by atoms with Crippen molar-refractivity contribution in [2.24, 2.45) is 17.8 Å². The van der Waals surface area contributed by atoms with Crippen LogP contribution in [0.15, 0.2) is 0 Å². The highest BCUT2D eigenvalue weighted by Gasteiger charge is 2.22. The SMILES string of the molecule is CC(C)C(C)C(O)CN(C)C(C)C(C)C. The van der Waals surface area contributed by atoms with E-state index in [9.17, 15) is 5.11 Å². The van der Waals surface area contributed by atoms with E-state index in [0.29, 0.717) is 23.8 Å². The van der Waals surface area contributed by atoms with E-state index in [1.807, 2.05) is 0 Å². The summed E-state index contributed by atoms with van der Waals surface area (Å²) in [7, 11) is 2.10. The van der Waals surface area contributed by atoms with E-state index in [4.69, 9.17) is 0 Å². The predicted octanol–water partition coefficient (Wildman–Crippen LogP) is 2.62. The summed E-state index contributed by atoms with van der Waals surface area (Å²) in [6, 6.07) is 0.527. The summed E-state index contributed by atoms with van der Waals surface area (Å²) in [6.45, 7) is 13.9. The molecule has 0 aromatic carbocycles. The Morgan fingerprint density at radius 1 is 0.933 bits per heavy atom. The Morgan fingerprint density at radius 3 is 1.73 bits per heavy atom. The molecule has 0 rings (SSSR count). The molecule has 0 heterocycles. The molecule has 3 unspecified atom stereocenters. The summed E-state index contributed by atoms with van der Waals surface area (Å²) >= 11 is 0. The van der Waals surface area contributed by atoms with Gasteiger partial charge in [-0.15, -0.1) is 0 Å². The molecule has 0 radical (unpaired) electrons. The van der Waals surface area contributed by atoms with Crippen molar-refractivity contribution >= 4 is 0 Å². The molecule has 0 fully saturated rings. The number of hydrogen-bond donors (Lipinski definition) is 1. The minimum Gasteiger partial charge on any atom is -0.392 e. The molecule has 0 aliphatic heterocycles. The molecule has 0 aromatic rings. The van der Waals surface area contributed by atoms with Gasteiger partial charge < -0.3 is 10.0 Å². The Hall–Kier alpha value is -0.0800. The summed E-state index contributed by atoms with van der Waals surface area (Å²) in [4.78, 5) is 2.26. The Balaban J connectivity index is 4.11. The maximum Gasteiger partial charge on any atom is 0.0695 e. The summed E-state index contributed by atoms with van der Waals surface area (Å²) in [5.74, 6) is 1.55. The van der Waals surface area contributed by atoms with Crippen LogP contribution in [0, 0.1) is 17.8 Å². The van der Waals surface area contributed by atoms with Crippen molar-refractivity contribution in [3.05, 3.63) is 0 Å². The van der Waals surface area contributed by atoms with Gasteiger partial charge in [-0.25, -0.2) is 0 Å². The molecule has 2 heteroatoms. The van der Waals surface area contributed by atoms with Gasteiger partial charge in [-0.3, -0.25) is 0 Å².